The molecule has 4 rings (SSSR count). The van der Waals surface area contributed by atoms with Crippen LogP contribution in [-0.4, -0.2) is 57.7 Å². The third-order valence-electron chi connectivity index (χ3n) is 5.81. The van der Waals surface area contributed by atoms with Crippen molar-refractivity contribution in [3.8, 4) is 17.1 Å². The van der Waals surface area contributed by atoms with Gasteiger partial charge in [0.05, 0.1) is 12.0 Å². The summed E-state index contributed by atoms with van der Waals surface area (Å²) >= 11 is 0. The van der Waals surface area contributed by atoms with Gasteiger partial charge in [0.25, 0.3) is 0 Å². The highest BCUT2D eigenvalue weighted by molar-refractivity contribution is 5.84. The van der Waals surface area contributed by atoms with Crippen LogP contribution in [0, 0.1) is 20.8 Å². The van der Waals surface area contributed by atoms with Crippen LogP contribution in [-0.2, 0) is 4.74 Å². The summed E-state index contributed by atoms with van der Waals surface area (Å²) < 4.78 is 17.2. The van der Waals surface area contributed by atoms with Crippen molar-refractivity contribution in [1.29, 1.82) is 0 Å². The van der Waals surface area contributed by atoms with Crippen LogP contribution in [0.3, 0.4) is 0 Å². The van der Waals surface area contributed by atoms with Crippen LogP contribution < -0.4 is 10.2 Å². The molecule has 3 aromatic rings. The van der Waals surface area contributed by atoms with E-state index in [0.717, 1.165) is 11.1 Å². The highest BCUT2D eigenvalue weighted by Crippen LogP contribution is 2.31. The van der Waals surface area contributed by atoms with Gasteiger partial charge >= 0.3 is 0 Å². The lowest BCUT2D eigenvalue weighted by Gasteiger charge is -2.39. The van der Waals surface area contributed by atoms with Crippen LogP contribution in [0.25, 0.3) is 22.3 Å². The summed E-state index contributed by atoms with van der Waals surface area (Å²) in [5, 5.41) is 40.0. The lowest BCUT2D eigenvalue weighted by molar-refractivity contribution is -0.277. The van der Waals surface area contributed by atoms with E-state index in [2.05, 4.69) is 0 Å². The minimum Gasteiger partial charge on any atom is -0.462 e. The lowest BCUT2D eigenvalue weighted by Crippen LogP contribution is -2.60. The molecule has 0 aliphatic carbocycles. The second-order valence-electron chi connectivity index (χ2n) is 8.18. The summed E-state index contributed by atoms with van der Waals surface area (Å²) in [5.41, 5.74) is 3.10. The fraction of sp³-hybridized carbons (Fsp3) is 0.375. The monoisotopic (exact) mass is 442 g/mol. The molecule has 8 nitrogen and oxygen atoms in total. The fourth-order valence-corrected chi connectivity index (χ4v) is 3.92. The third-order valence-corrected chi connectivity index (χ3v) is 5.81. The van der Waals surface area contributed by atoms with Gasteiger partial charge in [-0.2, -0.15) is 0 Å². The van der Waals surface area contributed by atoms with Crippen LogP contribution in [0.15, 0.2) is 45.6 Å². The van der Waals surface area contributed by atoms with Gasteiger partial charge in [0.2, 0.25) is 6.29 Å². The van der Waals surface area contributed by atoms with Gasteiger partial charge in [-0.1, -0.05) is 29.8 Å². The zero-order valence-electron chi connectivity index (χ0n) is 18.0. The van der Waals surface area contributed by atoms with Gasteiger partial charge in [0.1, 0.15) is 41.5 Å². The number of aryl methyl sites for hydroxylation is 2. The summed E-state index contributed by atoms with van der Waals surface area (Å²) in [4.78, 5) is 13.1. The van der Waals surface area contributed by atoms with Gasteiger partial charge in [0, 0.05) is 17.2 Å². The molecule has 8 heteroatoms. The van der Waals surface area contributed by atoms with Crippen molar-refractivity contribution in [3.63, 3.8) is 0 Å². The standard InChI is InChI=1S/C24H26O8/c1-11-4-6-14(7-5-11)23-13(3)19(26)18-12(2)8-15(9-16(18)31-23)30-24-22(29)21(28)20(27)17(10-25)32-24/h4-9,17,20-22,24-25,27-29H,10H2,1-3H3/t17-,20-,21+,22-,24?/m1/s1. The zero-order valence-corrected chi connectivity index (χ0v) is 18.0. The molecule has 1 saturated heterocycles. The Morgan fingerprint density at radius 1 is 0.969 bits per heavy atom. The largest absolute Gasteiger partial charge is 0.462 e. The van der Waals surface area contributed by atoms with E-state index in [4.69, 9.17) is 13.9 Å². The first-order valence-corrected chi connectivity index (χ1v) is 10.3. The van der Waals surface area contributed by atoms with Gasteiger partial charge in [-0.15, -0.1) is 0 Å². The van der Waals surface area contributed by atoms with E-state index < -0.39 is 37.3 Å². The maximum absolute atomic E-state index is 13.1. The molecule has 170 valence electrons. The molecule has 0 saturated carbocycles. The molecule has 1 aliphatic heterocycles. The first-order valence-electron chi connectivity index (χ1n) is 10.3. The minimum absolute atomic E-state index is 0.154. The average Bonchev–Trinajstić information content (AvgIpc) is 2.77. The van der Waals surface area contributed by atoms with Crippen molar-refractivity contribution in [2.75, 3.05) is 6.61 Å². The second-order valence-corrected chi connectivity index (χ2v) is 8.18. The number of fused-ring (bicyclic) bond motifs is 1. The maximum Gasteiger partial charge on any atom is 0.229 e. The summed E-state index contributed by atoms with van der Waals surface area (Å²) in [6.45, 7) is 4.87. The average molecular weight is 442 g/mol. The molecule has 1 aliphatic rings. The smallest absolute Gasteiger partial charge is 0.229 e. The predicted octanol–water partition coefficient (Wildman–Crippen LogP) is 1.56. The predicted molar refractivity (Wildman–Crippen MR) is 117 cm³/mol. The first-order chi connectivity index (χ1) is 15.2. The van der Waals surface area contributed by atoms with Crippen molar-refractivity contribution in [1.82, 2.24) is 0 Å². The zero-order chi connectivity index (χ0) is 23.2. The van der Waals surface area contributed by atoms with E-state index in [1.54, 1.807) is 19.9 Å². The van der Waals surface area contributed by atoms with Crippen molar-refractivity contribution in [3.05, 3.63) is 63.3 Å². The molecule has 0 amide bonds. The van der Waals surface area contributed by atoms with Crippen molar-refractivity contribution in [2.24, 2.45) is 0 Å². The number of benzene rings is 2. The molecular formula is C24H26O8. The molecule has 0 radical (unpaired) electrons. The SMILES string of the molecule is Cc1ccc(-c2oc3cc(OC4O[C@H](CO)[C@@H](O)[C@H](O)[C@H]4O)cc(C)c3c(=O)c2C)cc1. The molecule has 1 fully saturated rings. The fourth-order valence-electron chi connectivity index (χ4n) is 3.92. The van der Waals surface area contributed by atoms with Gasteiger partial charge in [0.15, 0.2) is 5.43 Å². The molecule has 4 N–H and O–H groups in total. The van der Waals surface area contributed by atoms with Gasteiger partial charge < -0.3 is 34.3 Å². The molecule has 2 heterocycles. The van der Waals surface area contributed by atoms with Crippen molar-refractivity contribution >= 4 is 11.0 Å². The van der Waals surface area contributed by atoms with Crippen molar-refractivity contribution in [2.45, 2.75) is 51.5 Å². The summed E-state index contributed by atoms with van der Waals surface area (Å²) in [6, 6.07) is 10.8. The maximum atomic E-state index is 13.1. The Bertz CT molecular complexity index is 1180. The number of aliphatic hydroxyl groups is 4. The Labute approximate surface area is 184 Å². The molecule has 1 aromatic heterocycles. The minimum atomic E-state index is -1.55. The van der Waals surface area contributed by atoms with E-state index in [1.165, 1.54) is 6.07 Å². The first kappa shape index (κ1) is 22.4. The van der Waals surface area contributed by atoms with Gasteiger partial charge in [-0.05, 0) is 32.4 Å². The molecular weight excluding hydrogens is 416 g/mol. The molecule has 0 bridgehead atoms. The van der Waals surface area contributed by atoms with E-state index in [-0.39, 0.29) is 11.2 Å². The van der Waals surface area contributed by atoms with E-state index in [1.807, 2.05) is 31.2 Å². The lowest BCUT2D eigenvalue weighted by atomic mass is 9.99. The Hall–Kier alpha value is -2.75. The van der Waals surface area contributed by atoms with E-state index in [9.17, 15) is 25.2 Å². The quantitative estimate of drug-likeness (QED) is 0.479. The Kier molecular flexibility index (Phi) is 6.07. The molecule has 5 atom stereocenters. The van der Waals surface area contributed by atoms with E-state index >= 15 is 0 Å². The van der Waals surface area contributed by atoms with Crippen LogP contribution in [0.5, 0.6) is 5.75 Å². The highest BCUT2D eigenvalue weighted by Gasteiger charge is 2.44. The number of rotatable bonds is 4. The Balaban J connectivity index is 1.75. The number of hydrogen-bond donors (Lipinski definition) is 4. The number of hydrogen-bond acceptors (Lipinski definition) is 8. The van der Waals surface area contributed by atoms with Crippen LogP contribution >= 0.6 is 0 Å². The van der Waals surface area contributed by atoms with Crippen LogP contribution in [0.4, 0.5) is 0 Å². The normalized spacial score (nSPS) is 25.8. The topological polar surface area (TPSA) is 130 Å². The Morgan fingerprint density at radius 3 is 2.31 bits per heavy atom. The summed E-state index contributed by atoms with van der Waals surface area (Å²) in [5.74, 6) is 0.688. The third kappa shape index (κ3) is 3.92. The molecule has 0 spiro atoms. The second kappa shape index (κ2) is 8.65. The molecule has 2 aromatic carbocycles. The summed E-state index contributed by atoms with van der Waals surface area (Å²) in [6.07, 6.45) is -7.01. The summed E-state index contributed by atoms with van der Waals surface area (Å²) in [7, 11) is 0. The van der Waals surface area contributed by atoms with E-state index in [0.29, 0.717) is 27.9 Å². The molecule has 32 heavy (non-hydrogen) atoms. The number of aliphatic hydroxyl groups excluding tert-OH is 4. The number of ether oxygens (including phenoxy) is 2. The van der Waals surface area contributed by atoms with Crippen LogP contribution in [0.2, 0.25) is 0 Å². The van der Waals surface area contributed by atoms with Crippen LogP contribution in [0.1, 0.15) is 16.7 Å². The van der Waals surface area contributed by atoms with Crippen molar-refractivity contribution < 1.29 is 34.3 Å². The van der Waals surface area contributed by atoms with Gasteiger partial charge in [-0.3, -0.25) is 4.79 Å². The highest BCUT2D eigenvalue weighted by atomic mass is 16.7. The molecule has 1 unspecified atom stereocenters. The Morgan fingerprint density at radius 2 is 1.66 bits per heavy atom. The van der Waals surface area contributed by atoms with Gasteiger partial charge in [-0.25, -0.2) is 0 Å².